The van der Waals surface area contributed by atoms with Crippen LogP contribution in [-0.2, 0) is 9.53 Å². The zero-order valence-electron chi connectivity index (χ0n) is 20.0. The first-order valence-electron chi connectivity index (χ1n) is 11.5. The second-order valence-electron chi connectivity index (χ2n) is 8.04. The van der Waals surface area contributed by atoms with Crippen LogP contribution in [0.4, 0.5) is 20.7 Å². The molecule has 0 saturated heterocycles. The van der Waals surface area contributed by atoms with E-state index in [1.165, 1.54) is 28.8 Å². The maximum absolute atomic E-state index is 13.5. The summed E-state index contributed by atoms with van der Waals surface area (Å²) in [5, 5.41) is 10.3. The fraction of sp³-hybridized carbons (Fsp3) is 0.148. The molecule has 0 aliphatic rings. The lowest BCUT2D eigenvalue weighted by Gasteiger charge is -2.22. The van der Waals surface area contributed by atoms with Crippen LogP contribution in [0.1, 0.15) is 0 Å². The van der Waals surface area contributed by atoms with E-state index in [0.29, 0.717) is 22.9 Å². The average molecular weight is 566 g/mol. The Kier molecular flexibility index (Phi) is 8.65. The number of hydrogen-bond donors (Lipinski definition) is 2. The monoisotopic (exact) mass is 565 g/mol. The SMILES string of the molecule is COCCN(CC(=O)Nc1cc(-c2ccccc2)nn1-c1ccc(F)cc1)C(=O)Nc1ccccc1Br. The van der Waals surface area contributed by atoms with E-state index >= 15 is 0 Å². The van der Waals surface area contributed by atoms with Gasteiger partial charge < -0.3 is 20.3 Å². The summed E-state index contributed by atoms with van der Waals surface area (Å²) in [6, 6.07) is 23.8. The molecule has 3 aromatic carbocycles. The van der Waals surface area contributed by atoms with Crippen LogP contribution >= 0.6 is 15.9 Å². The molecule has 0 fully saturated rings. The Morgan fingerprint density at radius 1 is 1.00 bits per heavy atom. The number of benzene rings is 3. The Labute approximate surface area is 222 Å². The third kappa shape index (κ3) is 6.81. The van der Waals surface area contributed by atoms with Gasteiger partial charge in [0.2, 0.25) is 5.91 Å². The summed E-state index contributed by atoms with van der Waals surface area (Å²) in [7, 11) is 1.52. The largest absolute Gasteiger partial charge is 0.383 e. The van der Waals surface area contributed by atoms with Crippen molar-refractivity contribution in [1.29, 1.82) is 0 Å². The zero-order valence-corrected chi connectivity index (χ0v) is 21.6. The van der Waals surface area contributed by atoms with Crippen LogP contribution in [0.2, 0.25) is 0 Å². The Morgan fingerprint density at radius 2 is 1.70 bits per heavy atom. The number of halogens is 2. The van der Waals surface area contributed by atoms with Crippen LogP contribution in [0.15, 0.2) is 89.4 Å². The van der Waals surface area contributed by atoms with Crippen LogP contribution in [0, 0.1) is 5.82 Å². The number of urea groups is 1. The highest BCUT2D eigenvalue weighted by molar-refractivity contribution is 9.10. The van der Waals surface area contributed by atoms with E-state index in [-0.39, 0.29) is 25.5 Å². The first-order valence-corrected chi connectivity index (χ1v) is 12.2. The highest BCUT2D eigenvalue weighted by Crippen LogP contribution is 2.25. The predicted molar refractivity (Wildman–Crippen MR) is 144 cm³/mol. The second kappa shape index (κ2) is 12.3. The van der Waals surface area contributed by atoms with Crippen molar-refractivity contribution in [3.05, 3.63) is 95.2 Å². The molecule has 0 atom stereocenters. The normalized spacial score (nSPS) is 10.7. The van der Waals surface area contributed by atoms with Crippen LogP contribution in [0.3, 0.4) is 0 Å². The van der Waals surface area contributed by atoms with Gasteiger partial charge in [-0.25, -0.2) is 13.9 Å². The highest BCUT2D eigenvalue weighted by atomic mass is 79.9. The molecule has 0 saturated carbocycles. The zero-order chi connectivity index (χ0) is 26.2. The molecule has 1 aromatic heterocycles. The molecule has 0 spiro atoms. The number of para-hydroxylation sites is 1. The summed E-state index contributed by atoms with van der Waals surface area (Å²) in [6.07, 6.45) is 0. The molecular weight excluding hydrogens is 541 g/mol. The van der Waals surface area contributed by atoms with Crippen molar-refractivity contribution in [2.24, 2.45) is 0 Å². The van der Waals surface area contributed by atoms with Gasteiger partial charge in [0.05, 0.1) is 23.7 Å². The first-order chi connectivity index (χ1) is 17.9. The molecule has 37 heavy (non-hydrogen) atoms. The van der Waals surface area contributed by atoms with Crippen LogP contribution in [-0.4, -0.2) is 53.4 Å². The number of nitrogens with zero attached hydrogens (tertiary/aromatic N) is 3. The minimum atomic E-state index is -0.448. The second-order valence-corrected chi connectivity index (χ2v) is 8.90. The van der Waals surface area contributed by atoms with Crippen molar-refractivity contribution in [3.8, 4) is 16.9 Å². The minimum absolute atomic E-state index is 0.201. The van der Waals surface area contributed by atoms with Gasteiger partial charge >= 0.3 is 6.03 Å². The van der Waals surface area contributed by atoms with Crippen LogP contribution in [0.5, 0.6) is 0 Å². The van der Waals surface area contributed by atoms with Crippen LogP contribution < -0.4 is 10.6 Å². The summed E-state index contributed by atoms with van der Waals surface area (Å²) in [5.41, 5.74) is 2.63. The summed E-state index contributed by atoms with van der Waals surface area (Å²) < 4.78 is 20.9. The van der Waals surface area contributed by atoms with E-state index < -0.39 is 11.9 Å². The van der Waals surface area contributed by atoms with Crippen molar-refractivity contribution < 1.29 is 18.7 Å². The van der Waals surface area contributed by atoms with Gasteiger partial charge in [-0.3, -0.25) is 4.79 Å². The molecule has 2 N–H and O–H groups in total. The van der Waals surface area contributed by atoms with Crippen molar-refractivity contribution in [2.45, 2.75) is 0 Å². The smallest absolute Gasteiger partial charge is 0.322 e. The maximum atomic E-state index is 13.5. The Hall–Kier alpha value is -4.02. The Bertz CT molecular complexity index is 1360. The van der Waals surface area contributed by atoms with E-state index in [1.54, 1.807) is 30.3 Å². The third-order valence-electron chi connectivity index (χ3n) is 5.42. The standard InChI is InChI=1S/C27H25BrFN5O3/c1-37-16-15-33(27(36)30-23-10-6-5-9-22(23)28)18-26(35)31-25-17-24(19-7-3-2-4-8-19)32-34(25)21-13-11-20(29)12-14-21/h2-14,17H,15-16,18H2,1H3,(H,30,36)(H,31,35). The number of carbonyl (C=O) groups is 2. The minimum Gasteiger partial charge on any atom is -0.383 e. The van der Waals surface area contributed by atoms with Gasteiger partial charge in [0.1, 0.15) is 18.2 Å². The van der Waals surface area contributed by atoms with Gasteiger partial charge in [-0.15, -0.1) is 0 Å². The van der Waals surface area contributed by atoms with Crippen molar-refractivity contribution in [3.63, 3.8) is 0 Å². The molecule has 190 valence electrons. The number of anilines is 2. The molecule has 0 unspecified atom stereocenters. The van der Waals surface area contributed by atoms with Gasteiger partial charge in [-0.2, -0.15) is 5.10 Å². The topological polar surface area (TPSA) is 88.5 Å². The summed E-state index contributed by atoms with van der Waals surface area (Å²) in [6.45, 7) is 0.226. The molecule has 3 amide bonds. The number of aromatic nitrogens is 2. The van der Waals surface area contributed by atoms with Crippen LogP contribution in [0.25, 0.3) is 16.9 Å². The van der Waals surface area contributed by atoms with Gasteiger partial charge in [-0.1, -0.05) is 42.5 Å². The van der Waals surface area contributed by atoms with Gasteiger partial charge in [-0.05, 0) is 52.3 Å². The molecule has 0 aliphatic heterocycles. The molecule has 0 bridgehead atoms. The van der Waals surface area contributed by atoms with Gasteiger partial charge in [0.25, 0.3) is 0 Å². The number of nitrogens with one attached hydrogen (secondary N) is 2. The number of amides is 3. The van der Waals surface area contributed by atoms with Crippen molar-refractivity contribution >= 4 is 39.4 Å². The third-order valence-corrected chi connectivity index (χ3v) is 6.11. The summed E-state index contributed by atoms with van der Waals surface area (Å²) >= 11 is 3.41. The van der Waals surface area contributed by atoms with Crippen molar-refractivity contribution in [2.75, 3.05) is 37.4 Å². The predicted octanol–water partition coefficient (Wildman–Crippen LogP) is 5.56. The average Bonchev–Trinajstić information content (AvgIpc) is 3.32. The molecular formula is C27H25BrFN5O3. The van der Waals surface area contributed by atoms with Gasteiger partial charge in [0, 0.05) is 29.8 Å². The quantitative estimate of drug-likeness (QED) is 0.278. The number of methoxy groups -OCH3 is 1. The molecule has 1 heterocycles. The fourth-order valence-corrected chi connectivity index (χ4v) is 3.95. The number of hydrogen-bond acceptors (Lipinski definition) is 4. The Morgan fingerprint density at radius 3 is 2.41 bits per heavy atom. The lowest BCUT2D eigenvalue weighted by atomic mass is 10.1. The lowest BCUT2D eigenvalue weighted by molar-refractivity contribution is -0.116. The van der Waals surface area contributed by atoms with Gasteiger partial charge in [0.15, 0.2) is 0 Å². The van der Waals surface area contributed by atoms with E-state index in [0.717, 1.165) is 10.0 Å². The molecule has 0 radical (unpaired) electrons. The number of carbonyl (C=O) groups excluding carboxylic acids is 2. The van der Waals surface area contributed by atoms with E-state index in [2.05, 4.69) is 31.7 Å². The molecule has 0 aliphatic carbocycles. The van der Waals surface area contributed by atoms with E-state index in [4.69, 9.17) is 4.74 Å². The van der Waals surface area contributed by atoms with E-state index in [1.807, 2.05) is 42.5 Å². The molecule has 10 heteroatoms. The lowest BCUT2D eigenvalue weighted by Crippen LogP contribution is -2.42. The molecule has 4 aromatic rings. The van der Waals surface area contributed by atoms with Crippen molar-refractivity contribution in [1.82, 2.24) is 14.7 Å². The Balaban J connectivity index is 1.56. The maximum Gasteiger partial charge on any atom is 0.322 e. The van der Waals surface area contributed by atoms with E-state index in [9.17, 15) is 14.0 Å². The highest BCUT2D eigenvalue weighted by Gasteiger charge is 2.20. The fourth-order valence-electron chi connectivity index (χ4n) is 3.57. The molecule has 4 rings (SSSR count). The number of rotatable bonds is 9. The molecule has 8 nitrogen and oxygen atoms in total. The summed E-state index contributed by atoms with van der Waals surface area (Å²) in [5.74, 6) is -0.427. The first kappa shape index (κ1) is 26.1. The number of ether oxygens (including phenoxy) is 1. The summed E-state index contributed by atoms with van der Waals surface area (Å²) in [4.78, 5) is 27.4.